The SMILES string of the molecule is Cn1ccc([C@@H]2CCCN(C(=O)c3ccccc3C(=O)c3ccccc3)C2)n1. The molecule has 1 aliphatic heterocycles. The monoisotopic (exact) mass is 373 g/mol. The minimum atomic E-state index is -0.122. The first-order valence-corrected chi connectivity index (χ1v) is 9.61. The minimum Gasteiger partial charge on any atom is -0.338 e. The molecule has 28 heavy (non-hydrogen) atoms. The lowest BCUT2D eigenvalue weighted by Gasteiger charge is -2.32. The molecule has 0 N–H and O–H groups in total. The summed E-state index contributed by atoms with van der Waals surface area (Å²) in [6, 6.07) is 18.2. The Kier molecular flexibility index (Phi) is 5.06. The molecule has 2 aromatic carbocycles. The van der Waals surface area contributed by atoms with Crippen molar-refractivity contribution in [3.63, 3.8) is 0 Å². The number of piperidine rings is 1. The molecule has 0 saturated carbocycles. The Morgan fingerprint density at radius 3 is 2.39 bits per heavy atom. The average molecular weight is 373 g/mol. The van der Waals surface area contributed by atoms with Gasteiger partial charge in [-0.3, -0.25) is 14.3 Å². The van der Waals surface area contributed by atoms with E-state index in [9.17, 15) is 9.59 Å². The molecule has 1 amide bonds. The van der Waals surface area contributed by atoms with Gasteiger partial charge in [0.2, 0.25) is 0 Å². The molecule has 3 aromatic rings. The number of nitrogens with zero attached hydrogens (tertiary/aromatic N) is 3. The highest BCUT2D eigenvalue weighted by atomic mass is 16.2. The number of carbonyl (C=O) groups is 2. The first kappa shape index (κ1) is 18.2. The predicted molar refractivity (Wildman–Crippen MR) is 107 cm³/mol. The Hall–Kier alpha value is -3.21. The maximum atomic E-state index is 13.3. The number of likely N-dealkylation sites (tertiary alicyclic amines) is 1. The highest BCUT2D eigenvalue weighted by Crippen LogP contribution is 2.27. The summed E-state index contributed by atoms with van der Waals surface area (Å²) in [4.78, 5) is 28.1. The first-order valence-electron chi connectivity index (χ1n) is 9.61. The Morgan fingerprint density at radius 1 is 0.964 bits per heavy atom. The van der Waals surface area contributed by atoms with Crippen LogP contribution in [0, 0.1) is 0 Å². The van der Waals surface area contributed by atoms with E-state index in [1.54, 1.807) is 35.0 Å². The third-order valence-electron chi connectivity index (χ3n) is 5.30. The van der Waals surface area contributed by atoms with Crippen molar-refractivity contribution in [1.82, 2.24) is 14.7 Å². The summed E-state index contributed by atoms with van der Waals surface area (Å²) in [6.45, 7) is 1.33. The van der Waals surface area contributed by atoms with Gasteiger partial charge in [0.25, 0.3) is 5.91 Å². The quantitative estimate of drug-likeness (QED) is 0.656. The van der Waals surface area contributed by atoms with Gasteiger partial charge in [0, 0.05) is 43.4 Å². The third kappa shape index (κ3) is 3.60. The van der Waals surface area contributed by atoms with Crippen molar-refractivity contribution in [3.8, 4) is 0 Å². The Bertz CT molecular complexity index is 994. The molecule has 1 aromatic heterocycles. The van der Waals surface area contributed by atoms with E-state index in [1.807, 2.05) is 48.5 Å². The molecule has 1 saturated heterocycles. The average Bonchev–Trinajstić information content (AvgIpc) is 3.20. The van der Waals surface area contributed by atoms with Gasteiger partial charge in [0.1, 0.15) is 0 Å². The molecule has 5 heteroatoms. The van der Waals surface area contributed by atoms with Gasteiger partial charge in [-0.1, -0.05) is 48.5 Å². The molecule has 4 rings (SSSR count). The van der Waals surface area contributed by atoms with Gasteiger partial charge in [-0.25, -0.2) is 0 Å². The van der Waals surface area contributed by atoms with Crippen LogP contribution < -0.4 is 0 Å². The van der Waals surface area contributed by atoms with Crippen LogP contribution in [0.4, 0.5) is 0 Å². The lowest BCUT2D eigenvalue weighted by molar-refractivity contribution is 0.0702. The number of carbonyl (C=O) groups excluding carboxylic acids is 2. The summed E-state index contributed by atoms with van der Waals surface area (Å²) in [5, 5.41) is 4.51. The molecule has 142 valence electrons. The second-order valence-electron chi connectivity index (χ2n) is 7.25. The van der Waals surface area contributed by atoms with Gasteiger partial charge in [-0.15, -0.1) is 0 Å². The summed E-state index contributed by atoms with van der Waals surface area (Å²) in [6.07, 6.45) is 3.89. The van der Waals surface area contributed by atoms with E-state index < -0.39 is 0 Å². The zero-order valence-corrected chi connectivity index (χ0v) is 15.9. The van der Waals surface area contributed by atoms with Crippen molar-refractivity contribution in [1.29, 1.82) is 0 Å². The molecule has 1 aliphatic rings. The minimum absolute atomic E-state index is 0.0829. The molecule has 0 aliphatic carbocycles. The molecule has 1 fully saturated rings. The molecule has 0 unspecified atom stereocenters. The predicted octanol–water partition coefficient (Wildman–Crippen LogP) is 3.67. The highest BCUT2D eigenvalue weighted by Gasteiger charge is 2.28. The number of rotatable bonds is 4. The van der Waals surface area contributed by atoms with E-state index in [2.05, 4.69) is 5.10 Å². The van der Waals surface area contributed by atoms with E-state index in [0.29, 0.717) is 29.8 Å². The fourth-order valence-corrected chi connectivity index (χ4v) is 3.84. The summed E-state index contributed by atoms with van der Waals surface area (Å²) in [5.74, 6) is 0.0271. The number of aromatic nitrogens is 2. The highest BCUT2D eigenvalue weighted by molar-refractivity contribution is 6.15. The van der Waals surface area contributed by atoms with E-state index in [1.165, 1.54) is 0 Å². The zero-order valence-electron chi connectivity index (χ0n) is 15.9. The van der Waals surface area contributed by atoms with Gasteiger partial charge < -0.3 is 4.90 Å². The van der Waals surface area contributed by atoms with E-state index in [-0.39, 0.29) is 17.6 Å². The second kappa shape index (κ2) is 7.80. The first-order chi connectivity index (χ1) is 13.6. The lowest BCUT2D eigenvalue weighted by Crippen LogP contribution is -2.39. The molecule has 0 spiro atoms. The van der Waals surface area contributed by atoms with Crippen LogP contribution in [-0.2, 0) is 7.05 Å². The number of amides is 1. The smallest absolute Gasteiger partial charge is 0.254 e. The zero-order chi connectivity index (χ0) is 19.5. The number of hydrogen-bond donors (Lipinski definition) is 0. The molecular formula is C23H23N3O2. The molecule has 5 nitrogen and oxygen atoms in total. The Labute approximate surface area is 164 Å². The van der Waals surface area contributed by atoms with Gasteiger partial charge in [-0.2, -0.15) is 5.10 Å². The van der Waals surface area contributed by atoms with E-state index >= 15 is 0 Å². The fourth-order valence-electron chi connectivity index (χ4n) is 3.84. The van der Waals surface area contributed by atoms with Crippen molar-refractivity contribution < 1.29 is 9.59 Å². The normalized spacial score (nSPS) is 16.8. The lowest BCUT2D eigenvalue weighted by atomic mass is 9.93. The van der Waals surface area contributed by atoms with Gasteiger partial charge in [0.15, 0.2) is 5.78 Å². The standard InChI is InChI=1S/C23H23N3O2/c1-25-15-13-21(24-25)18-10-7-14-26(16-18)23(28)20-12-6-5-11-19(20)22(27)17-8-3-2-4-9-17/h2-6,8-9,11-13,15,18H,7,10,14,16H2,1H3/t18-/m1/s1. The van der Waals surface area contributed by atoms with Crippen molar-refractivity contribution >= 4 is 11.7 Å². The molecular weight excluding hydrogens is 350 g/mol. The largest absolute Gasteiger partial charge is 0.338 e. The van der Waals surface area contributed by atoms with Gasteiger partial charge >= 0.3 is 0 Å². The number of aryl methyl sites for hydroxylation is 1. The van der Waals surface area contributed by atoms with Crippen LogP contribution in [0.15, 0.2) is 66.9 Å². The van der Waals surface area contributed by atoms with Crippen molar-refractivity contribution in [2.45, 2.75) is 18.8 Å². The number of hydrogen-bond acceptors (Lipinski definition) is 3. The third-order valence-corrected chi connectivity index (χ3v) is 5.30. The fraction of sp³-hybridized carbons (Fsp3) is 0.261. The molecule has 0 radical (unpaired) electrons. The molecule has 1 atom stereocenters. The van der Waals surface area contributed by atoms with Crippen LogP contribution in [0.2, 0.25) is 0 Å². The summed E-state index contributed by atoms with van der Waals surface area (Å²) >= 11 is 0. The molecule has 2 heterocycles. The second-order valence-corrected chi connectivity index (χ2v) is 7.25. The summed E-state index contributed by atoms with van der Waals surface area (Å²) < 4.78 is 1.80. The summed E-state index contributed by atoms with van der Waals surface area (Å²) in [7, 11) is 1.90. The molecule has 0 bridgehead atoms. The van der Waals surface area contributed by atoms with E-state index in [4.69, 9.17) is 0 Å². The van der Waals surface area contributed by atoms with Crippen molar-refractivity contribution in [2.75, 3.05) is 13.1 Å². The van der Waals surface area contributed by atoms with Crippen LogP contribution in [0.5, 0.6) is 0 Å². The Morgan fingerprint density at radius 2 is 1.68 bits per heavy atom. The van der Waals surface area contributed by atoms with Gasteiger partial charge in [-0.05, 0) is 25.0 Å². The summed E-state index contributed by atoms with van der Waals surface area (Å²) in [5.41, 5.74) is 2.54. The topological polar surface area (TPSA) is 55.2 Å². The van der Waals surface area contributed by atoms with Crippen molar-refractivity contribution in [3.05, 3.63) is 89.2 Å². The van der Waals surface area contributed by atoms with Crippen LogP contribution in [0.1, 0.15) is 50.7 Å². The maximum Gasteiger partial charge on any atom is 0.254 e. The number of benzene rings is 2. The van der Waals surface area contributed by atoms with Crippen LogP contribution in [0.3, 0.4) is 0 Å². The van der Waals surface area contributed by atoms with Crippen LogP contribution in [-0.4, -0.2) is 39.5 Å². The van der Waals surface area contributed by atoms with Crippen molar-refractivity contribution in [2.24, 2.45) is 7.05 Å². The van der Waals surface area contributed by atoms with E-state index in [0.717, 1.165) is 18.5 Å². The van der Waals surface area contributed by atoms with Gasteiger partial charge in [0.05, 0.1) is 11.3 Å². The van der Waals surface area contributed by atoms with Crippen LogP contribution in [0.25, 0.3) is 0 Å². The maximum absolute atomic E-state index is 13.3. The van der Waals surface area contributed by atoms with Crippen LogP contribution >= 0.6 is 0 Å². The number of ketones is 1. The Balaban J connectivity index is 1.59.